The minimum absolute atomic E-state index is 0.219. The van der Waals surface area contributed by atoms with Gasteiger partial charge in [-0.05, 0) is 30.2 Å². The number of rotatable bonds is 4. The third kappa shape index (κ3) is 3.48. The van der Waals surface area contributed by atoms with Crippen LogP contribution in [0.15, 0.2) is 30.6 Å². The second-order valence-corrected chi connectivity index (χ2v) is 4.70. The summed E-state index contributed by atoms with van der Waals surface area (Å²) in [7, 11) is 1.86. The van der Waals surface area contributed by atoms with Crippen LogP contribution in [-0.2, 0) is 13.5 Å². The molecule has 100 valence electrons. The molecule has 2 aromatic rings. The lowest BCUT2D eigenvalue weighted by Crippen LogP contribution is -2.26. The van der Waals surface area contributed by atoms with Crippen molar-refractivity contribution in [3.05, 3.63) is 46.7 Å². The van der Waals surface area contributed by atoms with Gasteiger partial charge in [0.05, 0.1) is 11.8 Å². The molecule has 1 heterocycles. The molecule has 3 N–H and O–H groups in total. The number of nitrogen functional groups attached to an aromatic ring is 1. The summed E-state index contributed by atoms with van der Waals surface area (Å²) in [5, 5.41) is 7.37. The lowest BCUT2D eigenvalue weighted by molar-refractivity contribution is 0.0955. The van der Waals surface area contributed by atoms with Crippen molar-refractivity contribution >= 4 is 23.2 Å². The van der Waals surface area contributed by atoms with Crippen LogP contribution in [0, 0.1) is 0 Å². The second-order valence-electron chi connectivity index (χ2n) is 4.26. The van der Waals surface area contributed by atoms with Gasteiger partial charge in [-0.1, -0.05) is 11.6 Å². The number of carbonyl (C=O) groups excluding carboxylic acids is 1. The number of nitrogens with one attached hydrogen (secondary N) is 1. The minimum Gasteiger partial charge on any atom is -0.398 e. The molecular weight excluding hydrogens is 264 g/mol. The van der Waals surface area contributed by atoms with Gasteiger partial charge in [-0.25, -0.2) is 0 Å². The Kier molecular flexibility index (Phi) is 4.06. The first-order chi connectivity index (χ1) is 9.06. The normalized spacial score (nSPS) is 10.4. The number of hydrogen-bond acceptors (Lipinski definition) is 3. The van der Waals surface area contributed by atoms with Crippen molar-refractivity contribution in [2.24, 2.45) is 7.05 Å². The van der Waals surface area contributed by atoms with Crippen molar-refractivity contribution in [1.29, 1.82) is 0 Å². The zero-order chi connectivity index (χ0) is 13.8. The summed E-state index contributed by atoms with van der Waals surface area (Å²) in [5.41, 5.74) is 7.64. The highest BCUT2D eigenvalue weighted by atomic mass is 35.5. The molecule has 6 heteroatoms. The Morgan fingerprint density at radius 3 is 3.00 bits per heavy atom. The Hall–Kier alpha value is -2.01. The van der Waals surface area contributed by atoms with Crippen molar-refractivity contribution in [2.45, 2.75) is 6.42 Å². The molecule has 19 heavy (non-hydrogen) atoms. The summed E-state index contributed by atoms with van der Waals surface area (Å²) >= 11 is 5.85. The number of aromatic nitrogens is 2. The molecule has 5 nitrogen and oxygen atoms in total. The zero-order valence-corrected chi connectivity index (χ0v) is 11.3. The monoisotopic (exact) mass is 278 g/mol. The first kappa shape index (κ1) is 13.4. The van der Waals surface area contributed by atoms with E-state index < -0.39 is 0 Å². The van der Waals surface area contributed by atoms with E-state index in [9.17, 15) is 4.79 Å². The van der Waals surface area contributed by atoms with Crippen LogP contribution >= 0.6 is 11.6 Å². The third-order valence-electron chi connectivity index (χ3n) is 2.72. The van der Waals surface area contributed by atoms with E-state index in [1.807, 2.05) is 13.2 Å². The molecule has 1 aromatic carbocycles. The summed E-state index contributed by atoms with van der Waals surface area (Å²) in [4.78, 5) is 11.9. The average Bonchev–Trinajstić information content (AvgIpc) is 2.78. The third-order valence-corrected chi connectivity index (χ3v) is 2.95. The number of nitrogens with zero attached hydrogens (tertiary/aromatic N) is 2. The Morgan fingerprint density at radius 2 is 2.32 bits per heavy atom. The highest BCUT2D eigenvalue weighted by Crippen LogP contribution is 2.17. The molecule has 1 aromatic heterocycles. The topological polar surface area (TPSA) is 72.9 Å². The minimum atomic E-state index is -0.219. The zero-order valence-electron chi connectivity index (χ0n) is 10.6. The summed E-state index contributed by atoms with van der Waals surface area (Å²) in [5.74, 6) is -0.219. The lowest BCUT2D eigenvalue weighted by atomic mass is 10.1. The van der Waals surface area contributed by atoms with Gasteiger partial charge < -0.3 is 11.1 Å². The van der Waals surface area contributed by atoms with Gasteiger partial charge in [0.1, 0.15) is 0 Å². The highest BCUT2D eigenvalue weighted by Gasteiger charge is 2.09. The van der Waals surface area contributed by atoms with Crippen LogP contribution < -0.4 is 11.1 Å². The maximum atomic E-state index is 11.9. The van der Waals surface area contributed by atoms with Crippen molar-refractivity contribution in [3.8, 4) is 0 Å². The molecule has 0 aliphatic heterocycles. The fraction of sp³-hybridized carbons (Fsp3) is 0.231. The first-order valence-electron chi connectivity index (χ1n) is 5.87. The van der Waals surface area contributed by atoms with Gasteiger partial charge >= 0.3 is 0 Å². The first-order valence-corrected chi connectivity index (χ1v) is 6.25. The summed E-state index contributed by atoms with van der Waals surface area (Å²) in [6.07, 6.45) is 4.42. The number of halogens is 1. The van der Waals surface area contributed by atoms with Crippen LogP contribution in [0.2, 0.25) is 5.02 Å². The molecule has 2 rings (SSSR count). The van der Waals surface area contributed by atoms with E-state index in [-0.39, 0.29) is 5.91 Å². The van der Waals surface area contributed by atoms with Crippen molar-refractivity contribution in [2.75, 3.05) is 12.3 Å². The van der Waals surface area contributed by atoms with E-state index in [1.165, 1.54) is 0 Å². The Balaban J connectivity index is 1.92. The van der Waals surface area contributed by atoms with Gasteiger partial charge in [0.15, 0.2) is 0 Å². The van der Waals surface area contributed by atoms with Crippen LogP contribution in [0.5, 0.6) is 0 Å². The van der Waals surface area contributed by atoms with Crippen LogP contribution in [0.4, 0.5) is 5.69 Å². The number of carbonyl (C=O) groups is 1. The molecule has 0 aliphatic rings. The van der Waals surface area contributed by atoms with E-state index >= 15 is 0 Å². The van der Waals surface area contributed by atoms with Crippen LogP contribution in [0.25, 0.3) is 0 Å². The van der Waals surface area contributed by atoms with Gasteiger partial charge in [0.25, 0.3) is 5.91 Å². The van der Waals surface area contributed by atoms with E-state index in [0.29, 0.717) is 22.8 Å². The number of aryl methyl sites for hydroxylation is 1. The van der Waals surface area contributed by atoms with Crippen molar-refractivity contribution < 1.29 is 4.79 Å². The maximum absolute atomic E-state index is 11.9. The Bertz CT molecular complexity index is 594. The van der Waals surface area contributed by atoms with Gasteiger partial charge in [0, 0.05) is 30.5 Å². The standard InChI is InChI=1S/C13H15ClN4O/c1-18-8-9(7-17-18)4-5-16-13(19)11-6-10(14)2-3-12(11)15/h2-3,6-8H,4-5,15H2,1H3,(H,16,19). The molecule has 0 fully saturated rings. The second kappa shape index (κ2) is 5.75. The molecular formula is C13H15ClN4O. The fourth-order valence-corrected chi connectivity index (χ4v) is 1.91. The van der Waals surface area contributed by atoms with Gasteiger partial charge in [0.2, 0.25) is 0 Å². The highest BCUT2D eigenvalue weighted by molar-refractivity contribution is 6.31. The Labute approximate surface area is 116 Å². The smallest absolute Gasteiger partial charge is 0.253 e. The summed E-state index contributed by atoms with van der Waals surface area (Å²) < 4.78 is 1.73. The molecule has 0 saturated heterocycles. The number of nitrogens with two attached hydrogens (primary N) is 1. The van der Waals surface area contributed by atoms with Crippen LogP contribution in [0.3, 0.4) is 0 Å². The van der Waals surface area contributed by atoms with Crippen LogP contribution in [0.1, 0.15) is 15.9 Å². The van der Waals surface area contributed by atoms with Gasteiger partial charge in [-0.3, -0.25) is 9.48 Å². The Morgan fingerprint density at radius 1 is 1.53 bits per heavy atom. The maximum Gasteiger partial charge on any atom is 0.253 e. The fourth-order valence-electron chi connectivity index (χ4n) is 1.74. The van der Waals surface area contributed by atoms with E-state index in [4.69, 9.17) is 17.3 Å². The number of anilines is 1. The molecule has 0 atom stereocenters. The van der Waals surface area contributed by atoms with Gasteiger partial charge in [-0.2, -0.15) is 5.10 Å². The average molecular weight is 279 g/mol. The molecule has 0 saturated carbocycles. The van der Waals surface area contributed by atoms with Crippen molar-refractivity contribution in [1.82, 2.24) is 15.1 Å². The van der Waals surface area contributed by atoms with E-state index in [2.05, 4.69) is 10.4 Å². The summed E-state index contributed by atoms with van der Waals surface area (Å²) in [6.45, 7) is 0.524. The number of amides is 1. The molecule has 0 spiro atoms. The largest absolute Gasteiger partial charge is 0.398 e. The molecule has 0 unspecified atom stereocenters. The molecule has 0 bridgehead atoms. The predicted molar refractivity (Wildman–Crippen MR) is 75.1 cm³/mol. The summed E-state index contributed by atoms with van der Waals surface area (Å²) in [6, 6.07) is 4.85. The molecule has 1 amide bonds. The molecule has 0 radical (unpaired) electrons. The van der Waals surface area contributed by atoms with E-state index in [0.717, 1.165) is 12.0 Å². The SMILES string of the molecule is Cn1cc(CCNC(=O)c2cc(Cl)ccc2N)cn1. The lowest BCUT2D eigenvalue weighted by Gasteiger charge is -2.07. The number of hydrogen-bond donors (Lipinski definition) is 2. The van der Waals surface area contributed by atoms with E-state index in [1.54, 1.807) is 29.1 Å². The number of benzene rings is 1. The quantitative estimate of drug-likeness (QED) is 0.835. The van der Waals surface area contributed by atoms with Gasteiger partial charge in [-0.15, -0.1) is 0 Å². The predicted octanol–water partition coefficient (Wildman–Crippen LogP) is 1.63. The van der Waals surface area contributed by atoms with Crippen LogP contribution in [-0.4, -0.2) is 22.2 Å². The molecule has 0 aliphatic carbocycles. The van der Waals surface area contributed by atoms with Crippen molar-refractivity contribution in [3.63, 3.8) is 0 Å².